The molecule has 24 heavy (non-hydrogen) atoms. The van der Waals surface area contributed by atoms with Crippen LogP contribution in [-0.4, -0.2) is 40.2 Å². The van der Waals surface area contributed by atoms with Gasteiger partial charge < -0.3 is 5.32 Å². The Morgan fingerprint density at radius 2 is 2.08 bits per heavy atom. The van der Waals surface area contributed by atoms with Crippen LogP contribution in [0.3, 0.4) is 0 Å². The number of nitrogens with zero attached hydrogens (tertiary/aromatic N) is 3. The van der Waals surface area contributed by atoms with Gasteiger partial charge in [0.05, 0.1) is 12.7 Å². The first-order chi connectivity index (χ1) is 11.6. The molecule has 0 radical (unpaired) electrons. The van der Waals surface area contributed by atoms with Crippen molar-refractivity contribution in [2.45, 2.75) is 19.8 Å². The van der Waals surface area contributed by atoms with Gasteiger partial charge in [-0.3, -0.25) is 14.4 Å². The summed E-state index contributed by atoms with van der Waals surface area (Å²) in [5.41, 5.74) is 4.63. The molecular formula is C19H24N4O. The monoisotopic (exact) mass is 324 g/mol. The number of nitrogens with one attached hydrogen (secondary N) is 1. The highest BCUT2D eigenvalue weighted by molar-refractivity contribution is 5.92. The summed E-state index contributed by atoms with van der Waals surface area (Å²) in [6, 6.07) is 8.04. The second-order valence-corrected chi connectivity index (χ2v) is 6.22. The van der Waals surface area contributed by atoms with Crippen molar-refractivity contribution in [3.63, 3.8) is 0 Å². The van der Waals surface area contributed by atoms with Crippen molar-refractivity contribution in [2.24, 2.45) is 7.05 Å². The SMILES string of the molecule is CCc1ccc(NC(=O)CN2CC=C(c3cnn(C)c3)CC2)cc1. The molecule has 1 N–H and O–H groups in total. The molecular weight excluding hydrogens is 300 g/mol. The largest absolute Gasteiger partial charge is 0.325 e. The van der Waals surface area contributed by atoms with Crippen molar-refractivity contribution >= 4 is 17.2 Å². The van der Waals surface area contributed by atoms with Crippen LogP contribution in [0.2, 0.25) is 0 Å². The Hall–Kier alpha value is -2.40. The lowest BCUT2D eigenvalue weighted by Gasteiger charge is -2.25. The van der Waals surface area contributed by atoms with E-state index in [9.17, 15) is 4.79 Å². The minimum Gasteiger partial charge on any atom is -0.325 e. The zero-order valence-electron chi connectivity index (χ0n) is 14.3. The van der Waals surface area contributed by atoms with E-state index in [4.69, 9.17) is 0 Å². The molecule has 1 aromatic carbocycles. The molecule has 1 aromatic heterocycles. The van der Waals surface area contributed by atoms with E-state index < -0.39 is 0 Å². The highest BCUT2D eigenvalue weighted by Crippen LogP contribution is 2.21. The summed E-state index contributed by atoms with van der Waals surface area (Å²) in [4.78, 5) is 14.4. The maximum atomic E-state index is 12.2. The summed E-state index contributed by atoms with van der Waals surface area (Å²) in [7, 11) is 1.93. The van der Waals surface area contributed by atoms with Crippen LogP contribution >= 0.6 is 0 Å². The molecule has 1 amide bonds. The van der Waals surface area contributed by atoms with Gasteiger partial charge in [-0.1, -0.05) is 25.1 Å². The lowest BCUT2D eigenvalue weighted by Crippen LogP contribution is -2.36. The number of aromatic nitrogens is 2. The molecule has 1 aliphatic rings. The predicted molar refractivity (Wildman–Crippen MR) is 96.7 cm³/mol. The Bertz CT molecular complexity index is 730. The zero-order valence-corrected chi connectivity index (χ0v) is 14.3. The normalized spacial score (nSPS) is 15.2. The van der Waals surface area contributed by atoms with Crippen LogP contribution in [0.15, 0.2) is 42.7 Å². The van der Waals surface area contributed by atoms with Gasteiger partial charge in [-0.2, -0.15) is 5.10 Å². The van der Waals surface area contributed by atoms with E-state index in [2.05, 4.69) is 40.4 Å². The van der Waals surface area contributed by atoms with Crippen LogP contribution < -0.4 is 5.32 Å². The quantitative estimate of drug-likeness (QED) is 0.920. The van der Waals surface area contributed by atoms with Gasteiger partial charge in [-0.25, -0.2) is 0 Å². The average Bonchev–Trinajstić information content (AvgIpc) is 3.02. The molecule has 0 aliphatic carbocycles. The van der Waals surface area contributed by atoms with Crippen molar-refractivity contribution < 1.29 is 4.79 Å². The molecule has 0 atom stereocenters. The minimum atomic E-state index is 0.0393. The van der Waals surface area contributed by atoms with Gasteiger partial charge in [-0.15, -0.1) is 0 Å². The van der Waals surface area contributed by atoms with Gasteiger partial charge in [0, 0.05) is 37.6 Å². The third kappa shape index (κ3) is 4.11. The van der Waals surface area contributed by atoms with E-state index in [0.29, 0.717) is 6.54 Å². The number of anilines is 1. The highest BCUT2D eigenvalue weighted by Gasteiger charge is 2.16. The fraction of sp³-hybridized carbons (Fsp3) is 0.368. The highest BCUT2D eigenvalue weighted by atomic mass is 16.2. The lowest BCUT2D eigenvalue weighted by molar-refractivity contribution is -0.117. The molecule has 0 spiro atoms. The maximum Gasteiger partial charge on any atom is 0.238 e. The third-order valence-corrected chi connectivity index (χ3v) is 4.38. The smallest absolute Gasteiger partial charge is 0.238 e. The van der Waals surface area contributed by atoms with E-state index >= 15 is 0 Å². The molecule has 126 valence electrons. The van der Waals surface area contributed by atoms with Crippen LogP contribution in [0.5, 0.6) is 0 Å². The van der Waals surface area contributed by atoms with Gasteiger partial charge in [0.15, 0.2) is 0 Å². The van der Waals surface area contributed by atoms with E-state index in [1.54, 1.807) is 0 Å². The summed E-state index contributed by atoms with van der Waals surface area (Å²) in [6.45, 7) is 4.24. The summed E-state index contributed by atoms with van der Waals surface area (Å²) in [6.07, 6.45) is 8.09. The van der Waals surface area contributed by atoms with Gasteiger partial charge in [0.25, 0.3) is 0 Å². The first-order valence-corrected chi connectivity index (χ1v) is 8.43. The molecule has 5 nitrogen and oxygen atoms in total. The summed E-state index contributed by atoms with van der Waals surface area (Å²) >= 11 is 0. The number of benzene rings is 1. The van der Waals surface area contributed by atoms with Gasteiger partial charge >= 0.3 is 0 Å². The molecule has 0 fully saturated rings. The zero-order chi connectivity index (χ0) is 16.9. The molecule has 5 heteroatoms. The molecule has 3 rings (SSSR count). The van der Waals surface area contributed by atoms with Crippen LogP contribution in [-0.2, 0) is 18.3 Å². The Kier molecular flexibility index (Phi) is 5.11. The van der Waals surface area contributed by atoms with Crippen molar-refractivity contribution in [1.29, 1.82) is 0 Å². The third-order valence-electron chi connectivity index (χ3n) is 4.38. The van der Waals surface area contributed by atoms with Crippen LogP contribution in [0.25, 0.3) is 5.57 Å². The fourth-order valence-electron chi connectivity index (χ4n) is 2.93. The van der Waals surface area contributed by atoms with E-state index in [0.717, 1.165) is 31.6 Å². The van der Waals surface area contributed by atoms with E-state index in [1.807, 2.05) is 36.3 Å². The minimum absolute atomic E-state index is 0.0393. The van der Waals surface area contributed by atoms with Crippen LogP contribution in [0, 0.1) is 0 Å². The van der Waals surface area contributed by atoms with Gasteiger partial charge in [0.2, 0.25) is 5.91 Å². The van der Waals surface area contributed by atoms with Gasteiger partial charge in [0.1, 0.15) is 0 Å². The van der Waals surface area contributed by atoms with Crippen LogP contribution in [0.1, 0.15) is 24.5 Å². The summed E-state index contributed by atoms with van der Waals surface area (Å²) < 4.78 is 1.82. The number of aryl methyl sites for hydroxylation is 2. The second kappa shape index (κ2) is 7.45. The Labute approximate surface area is 143 Å². The topological polar surface area (TPSA) is 50.2 Å². The van der Waals surface area contributed by atoms with Crippen LogP contribution in [0.4, 0.5) is 5.69 Å². The van der Waals surface area contributed by atoms with Crippen molar-refractivity contribution in [1.82, 2.24) is 14.7 Å². The van der Waals surface area contributed by atoms with E-state index in [1.165, 1.54) is 16.7 Å². The van der Waals surface area contributed by atoms with Crippen molar-refractivity contribution in [2.75, 3.05) is 25.0 Å². The Morgan fingerprint density at radius 1 is 1.29 bits per heavy atom. The number of amides is 1. The molecule has 1 aliphatic heterocycles. The molecule has 0 saturated heterocycles. The Morgan fingerprint density at radius 3 is 2.67 bits per heavy atom. The summed E-state index contributed by atoms with van der Waals surface area (Å²) in [5, 5.41) is 7.19. The number of rotatable bonds is 5. The molecule has 2 aromatic rings. The maximum absolute atomic E-state index is 12.2. The standard InChI is InChI=1S/C19H24N4O/c1-3-15-4-6-18(7-5-15)21-19(24)14-23-10-8-16(9-11-23)17-12-20-22(2)13-17/h4-8,12-13H,3,9-11,14H2,1-2H3,(H,21,24). The Balaban J connectivity index is 1.51. The second-order valence-electron chi connectivity index (χ2n) is 6.22. The number of hydrogen-bond donors (Lipinski definition) is 1. The number of carbonyl (C=O) groups is 1. The number of hydrogen-bond acceptors (Lipinski definition) is 3. The first-order valence-electron chi connectivity index (χ1n) is 8.43. The molecule has 2 heterocycles. The lowest BCUT2D eigenvalue weighted by atomic mass is 10.0. The van der Waals surface area contributed by atoms with Gasteiger partial charge in [-0.05, 0) is 36.1 Å². The molecule has 0 saturated carbocycles. The summed E-state index contributed by atoms with van der Waals surface area (Å²) in [5.74, 6) is 0.0393. The average molecular weight is 324 g/mol. The van der Waals surface area contributed by atoms with Crippen molar-refractivity contribution in [3.8, 4) is 0 Å². The fourth-order valence-corrected chi connectivity index (χ4v) is 2.93. The first kappa shape index (κ1) is 16.5. The molecule has 0 unspecified atom stereocenters. The molecule has 0 bridgehead atoms. The predicted octanol–water partition coefficient (Wildman–Crippen LogP) is 2.71. The van der Waals surface area contributed by atoms with Crippen molar-refractivity contribution in [3.05, 3.63) is 53.9 Å². The van der Waals surface area contributed by atoms with E-state index in [-0.39, 0.29) is 5.91 Å². The number of carbonyl (C=O) groups excluding carboxylic acids is 1.